The third-order valence-electron chi connectivity index (χ3n) is 6.31. The van der Waals surface area contributed by atoms with Crippen LogP contribution in [-0.4, -0.2) is 49.5 Å². The van der Waals surface area contributed by atoms with Crippen LogP contribution in [0.3, 0.4) is 0 Å². The molecule has 0 spiro atoms. The molecule has 0 N–H and O–H groups in total. The van der Waals surface area contributed by atoms with E-state index in [1.165, 1.54) is 10.5 Å². The molecule has 7 nitrogen and oxygen atoms in total. The largest absolute Gasteiger partial charge is 0.493 e. The molecule has 1 aliphatic heterocycles. The van der Waals surface area contributed by atoms with E-state index in [2.05, 4.69) is 0 Å². The molecule has 0 aromatic heterocycles. The summed E-state index contributed by atoms with van der Waals surface area (Å²) < 4.78 is 23.0. The van der Waals surface area contributed by atoms with Crippen molar-refractivity contribution < 1.29 is 28.5 Å². The number of carbonyl (C=O) groups is 2. The second kappa shape index (κ2) is 12.6. The Morgan fingerprint density at radius 2 is 1.52 bits per heavy atom. The fraction of sp³-hybridized carbons (Fsp3) is 0.188. The molecule has 1 saturated heterocycles. The summed E-state index contributed by atoms with van der Waals surface area (Å²) in [7, 11) is 1.55. The fourth-order valence-electron chi connectivity index (χ4n) is 4.25. The molecule has 4 aromatic carbocycles. The highest BCUT2D eigenvalue weighted by Crippen LogP contribution is 2.34. The van der Waals surface area contributed by atoms with E-state index in [0.717, 1.165) is 39.6 Å². The third kappa shape index (κ3) is 6.40. The molecule has 0 bridgehead atoms. The Labute approximate surface area is 237 Å². The van der Waals surface area contributed by atoms with Gasteiger partial charge in [0.05, 0.1) is 18.6 Å². The van der Waals surface area contributed by atoms with Gasteiger partial charge in [-0.2, -0.15) is 0 Å². The molecule has 1 aliphatic rings. The number of nitrogens with zero attached hydrogens (tertiary/aromatic N) is 1. The smallest absolute Gasteiger partial charge is 0.293 e. The predicted octanol–water partition coefficient (Wildman–Crippen LogP) is 6.73. The molecule has 0 atom stereocenters. The number of imide groups is 1. The highest BCUT2D eigenvalue weighted by atomic mass is 32.2. The Hall–Kier alpha value is -4.43. The van der Waals surface area contributed by atoms with Crippen LogP contribution in [0.4, 0.5) is 4.79 Å². The molecule has 1 heterocycles. The summed E-state index contributed by atoms with van der Waals surface area (Å²) in [6.45, 7) is 3.10. The highest BCUT2D eigenvalue weighted by Gasteiger charge is 2.34. The first-order chi connectivity index (χ1) is 19.5. The van der Waals surface area contributed by atoms with E-state index < -0.39 is 0 Å². The van der Waals surface area contributed by atoms with Crippen LogP contribution in [0.25, 0.3) is 16.8 Å². The number of methoxy groups -OCH3 is 1. The van der Waals surface area contributed by atoms with E-state index in [9.17, 15) is 9.59 Å². The zero-order chi connectivity index (χ0) is 27.9. The van der Waals surface area contributed by atoms with Gasteiger partial charge in [0.1, 0.15) is 31.3 Å². The maximum absolute atomic E-state index is 13.0. The van der Waals surface area contributed by atoms with Crippen molar-refractivity contribution in [3.63, 3.8) is 0 Å². The minimum atomic E-state index is -0.343. The summed E-state index contributed by atoms with van der Waals surface area (Å²) in [5, 5.41) is 1.73. The number of amides is 2. The number of thioether (sulfide) groups is 1. The molecular weight excluding hydrogens is 526 g/mol. The lowest BCUT2D eigenvalue weighted by Crippen LogP contribution is -2.32. The first-order valence-corrected chi connectivity index (χ1v) is 13.7. The predicted molar refractivity (Wildman–Crippen MR) is 157 cm³/mol. The number of fused-ring (bicyclic) bond motifs is 1. The van der Waals surface area contributed by atoms with Crippen molar-refractivity contribution in [1.29, 1.82) is 0 Å². The Bertz CT molecular complexity index is 1540. The third-order valence-corrected chi connectivity index (χ3v) is 7.22. The molecule has 2 amide bonds. The molecule has 40 heavy (non-hydrogen) atoms. The zero-order valence-electron chi connectivity index (χ0n) is 22.3. The van der Waals surface area contributed by atoms with Gasteiger partial charge in [-0.1, -0.05) is 60.2 Å². The van der Waals surface area contributed by atoms with Crippen molar-refractivity contribution in [3.8, 4) is 23.0 Å². The molecule has 8 heteroatoms. The van der Waals surface area contributed by atoms with Gasteiger partial charge < -0.3 is 18.9 Å². The van der Waals surface area contributed by atoms with Crippen LogP contribution in [-0.2, 0) is 4.79 Å². The number of hydrogen-bond acceptors (Lipinski definition) is 7. The van der Waals surface area contributed by atoms with Crippen molar-refractivity contribution in [2.45, 2.75) is 6.92 Å². The molecule has 1 fully saturated rings. The Balaban J connectivity index is 1.17. The van der Waals surface area contributed by atoms with Crippen molar-refractivity contribution in [2.24, 2.45) is 0 Å². The quantitative estimate of drug-likeness (QED) is 0.150. The van der Waals surface area contributed by atoms with Crippen LogP contribution in [0.1, 0.15) is 11.1 Å². The van der Waals surface area contributed by atoms with Gasteiger partial charge in [0.25, 0.3) is 11.1 Å². The lowest BCUT2D eigenvalue weighted by Gasteiger charge is -2.14. The van der Waals surface area contributed by atoms with Crippen LogP contribution in [0, 0.1) is 6.92 Å². The van der Waals surface area contributed by atoms with Crippen molar-refractivity contribution >= 4 is 39.8 Å². The van der Waals surface area contributed by atoms with Crippen LogP contribution in [0.5, 0.6) is 23.0 Å². The monoisotopic (exact) mass is 555 g/mol. The van der Waals surface area contributed by atoms with E-state index in [0.29, 0.717) is 29.6 Å². The summed E-state index contributed by atoms with van der Waals surface area (Å²) in [6, 6.07) is 26.9. The van der Waals surface area contributed by atoms with Crippen molar-refractivity contribution in [1.82, 2.24) is 4.90 Å². The first kappa shape index (κ1) is 27.1. The molecule has 4 aromatic rings. The van der Waals surface area contributed by atoms with E-state index in [1.807, 2.05) is 79.7 Å². The molecule has 0 unspecified atom stereocenters. The zero-order valence-corrected chi connectivity index (χ0v) is 23.1. The van der Waals surface area contributed by atoms with Gasteiger partial charge in [-0.25, -0.2) is 0 Å². The Kier molecular flexibility index (Phi) is 8.56. The van der Waals surface area contributed by atoms with Crippen molar-refractivity contribution in [2.75, 3.05) is 33.5 Å². The van der Waals surface area contributed by atoms with Gasteiger partial charge in [-0.15, -0.1) is 0 Å². The molecule has 0 saturated carbocycles. The summed E-state index contributed by atoms with van der Waals surface area (Å²) >= 11 is 0.913. The van der Waals surface area contributed by atoms with Gasteiger partial charge in [0.15, 0.2) is 11.5 Å². The molecule has 5 rings (SSSR count). The summed E-state index contributed by atoms with van der Waals surface area (Å²) in [4.78, 5) is 27.2. The van der Waals surface area contributed by atoms with Crippen LogP contribution < -0.4 is 18.9 Å². The topological polar surface area (TPSA) is 74.3 Å². The first-order valence-electron chi connectivity index (χ1n) is 12.9. The lowest BCUT2D eigenvalue weighted by atomic mass is 10.1. The highest BCUT2D eigenvalue weighted by molar-refractivity contribution is 8.18. The van der Waals surface area contributed by atoms with E-state index in [4.69, 9.17) is 18.9 Å². The summed E-state index contributed by atoms with van der Waals surface area (Å²) in [5.41, 5.74) is 1.89. The molecule has 0 aliphatic carbocycles. The summed E-state index contributed by atoms with van der Waals surface area (Å²) in [6.07, 6.45) is 1.68. The minimum absolute atomic E-state index is 0.159. The average molecular weight is 556 g/mol. The average Bonchev–Trinajstić information content (AvgIpc) is 3.24. The fourth-order valence-corrected chi connectivity index (χ4v) is 5.12. The van der Waals surface area contributed by atoms with E-state index in [1.54, 1.807) is 25.3 Å². The minimum Gasteiger partial charge on any atom is -0.493 e. The number of aryl methyl sites for hydroxylation is 1. The van der Waals surface area contributed by atoms with Gasteiger partial charge in [0, 0.05) is 5.39 Å². The second-order valence-electron chi connectivity index (χ2n) is 9.08. The van der Waals surface area contributed by atoms with Gasteiger partial charge in [-0.05, 0) is 66.0 Å². The van der Waals surface area contributed by atoms with Gasteiger partial charge in [-0.3, -0.25) is 14.5 Å². The number of carbonyl (C=O) groups excluding carboxylic acids is 2. The summed E-state index contributed by atoms with van der Waals surface area (Å²) in [5.74, 6) is 2.24. The van der Waals surface area contributed by atoms with E-state index in [-0.39, 0.29) is 24.3 Å². The van der Waals surface area contributed by atoms with Crippen LogP contribution in [0.15, 0.2) is 89.8 Å². The Morgan fingerprint density at radius 3 is 2.35 bits per heavy atom. The normalized spacial score (nSPS) is 14.2. The van der Waals surface area contributed by atoms with E-state index >= 15 is 0 Å². The Morgan fingerprint density at radius 1 is 0.775 bits per heavy atom. The number of benzene rings is 4. The van der Waals surface area contributed by atoms with Gasteiger partial charge in [0.2, 0.25) is 0 Å². The lowest BCUT2D eigenvalue weighted by molar-refractivity contribution is -0.123. The van der Waals surface area contributed by atoms with Crippen LogP contribution >= 0.6 is 11.8 Å². The number of hydrogen-bond donors (Lipinski definition) is 0. The second-order valence-corrected chi connectivity index (χ2v) is 10.1. The maximum Gasteiger partial charge on any atom is 0.293 e. The molecule has 204 valence electrons. The standard InChI is InChI=1S/C32H29NO6S/c1-22-10-13-25(14-11-22)37-18-19-39-28-15-12-23(20-29(28)36-2)21-30-31(34)33(32(35)40-30)16-17-38-27-9-5-7-24-6-3-4-8-26(24)27/h3-15,20-21H,16-19H2,1-2H3/b30-21-. The number of ether oxygens (including phenoxy) is 4. The SMILES string of the molecule is COc1cc(/C=C2\SC(=O)N(CCOc3cccc4ccccc34)C2=O)ccc1OCCOc1ccc(C)cc1. The molecule has 0 radical (unpaired) electrons. The number of rotatable bonds is 11. The van der Waals surface area contributed by atoms with Gasteiger partial charge >= 0.3 is 0 Å². The van der Waals surface area contributed by atoms with Crippen molar-refractivity contribution in [3.05, 3.63) is 101 Å². The molecular formula is C32H29NO6S. The van der Waals surface area contributed by atoms with Crippen LogP contribution in [0.2, 0.25) is 0 Å². The maximum atomic E-state index is 13.0.